The number of amidine groups is 1. The van der Waals surface area contributed by atoms with Crippen LogP contribution in [0.1, 0.15) is 50.8 Å². The van der Waals surface area contributed by atoms with E-state index in [1.165, 1.54) is 33.6 Å². The first-order valence-electron chi connectivity index (χ1n) is 16.4. The van der Waals surface area contributed by atoms with Crippen molar-refractivity contribution < 1.29 is 0 Å². The van der Waals surface area contributed by atoms with Gasteiger partial charge in [-0.15, -0.1) is 0 Å². The highest BCUT2D eigenvalue weighted by Gasteiger charge is 2.54. The van der Waals surface area contributed by atoms with Gasteiger partial charge in [-0.05, 0) is 96.3 Å². The third-order valence-corrected chi connectivity index (χ3v) is 11.1. The molecule has 3 N–H and O–H groups in total. The van der Waals surface area contributed by atoms with Gasteiger partial charge in [0.15, 0.2) is 0 Å². The number of hydrogen-bond donors (Lipinski definition) is 3. The molecule has 1 aromatic rings. The molecule has 44 heavy (non-hydrogen) atoms. The second-order valence-electron chi connectivity index (χ2n) is 13.5. The highest BCUT2D eigenvalue weighted by atomic mass is 15.3. The van der Waals surface area contributed by atoms with E-state index >= 15 is 0 Å². The van der Waals surface area contributed by atoms with Crippen LogP contribution in [0.3, 0.4) is 0 Å². The molecule has 0 radical (unpaired) electrons. The van der Waals surface area contributed by atoms with Crippen LogP contribution >= 0.6 is 0 Å². The lowest BCUT2D eigenvalue weighted by molar-refractivity contribution is 0.247. The van der Waals surface area contributed by atoms with E-state index in [1.807, 2.05) is 6.21 Å². The van der Waals surface area contributed by atoms with Gasteiger partial charge in [0.1, 0.15) is 18.2 Å². The van der Waals surface area contributed by atoms with Crippen molar-refractivity contribution >= 4 is 12.1 Å². The van der Waals surface area contributed by atoms with E-state index in [4.69, 9.17) is 4.99 Å². The number of nitrogens with zero attached hydrogens (tertiary/aromatic N) is 2. The zero-order valence-corrected chi connectivity index (χ0v) is 25.2. The van der Waals surface area contributed by atoms with E-state index in [1.54, 1.807) is 5.57 Å². The molecular formula is C39H39N5. The van der Waals surface area contributed by atoms with E-state index in [0.717, 1.165) is 43.6 Å². The maximum absolute atomic E-state index is 5.30. The van der Waals surface area contributed by atoms with E-state index in [-0.39, 0.29) is 17.7 Å². The Labute approximate surface area is 260 Å². The summed E-state index contributed by atoms with van der Waals surface area (Å²) in [6.45, 7) is 2.48. The minimum atomic E-state index is -0.107. The number of hydrogen-bond acceptors (Lipinski definition) is 5. The Morgan fingerprint density at radius 3 is 2.68 bits per heavy atom. The molecule has 1 fully saturated rings. The molecule has 8 aliphatic rings. The van der Waals surface area contributed by atoms with Crippen molar-refractivity contribution in [1.29, 1.82) is 0 Å². The summed E-state index contributed by atoms with van der Waals surface area (Å²) in [5.74, 6) is 2.25. The molecule has 0 aromatic heterocycles. The van der Waals surface area contributed by atoms with Crippen molar-refractivity contribution in [2.75, 3.05) is 0 Å². The summed E-state index contributed by atoms with van der Waals surface area (Å²) in [4.78, 5) is 9.99. The fourth-order valence-electron chi connectivity index (χ4n) is 8.79. The first-order valence-corrected chi connectivity index (χ1v) is 16.4. The first-order chi connectivity index (χ1) is 21.6. The van der Waals surface area contributed by atoms with Gasteiger partial charge in [0, 0.05) is 17.3 Å². The molecule has 9 rings (SSSR count). The molecule has 5 nitrogen and oxygen atoms in total. The quantitative estimate of drug-likeness (QED) is 0.352. The van der Waals surface area contributed by atoms with E-state index in [9.17, 15) is 0 Å². The summed E-state index contributed by atoms with van der Waals surface area (Å²) in [7, 11) is 0. The summed E-state index contributed by atoms with van der Waals surface area (Å²) in [6.07, 6.45) is 33.1. The van der Waals surface area contributed by atoms with Crippen molar-refractivity contribution in [3.63, 3.8) is 0 Å². The van der Waals surface area contributed by atoms with Crippen molar-refractivity contribution in [2.45, 2.75) is 57.4 Å². The molecule has 220 valence electrons. The van der Waals surface area contributed by atoms with Gasteiger partial charge in [-0.3, -0.25) is 10.3 Å². The lowest BCUT2D eigenvalue weighted by atomic mass is 9.57. The smallest absolute Gasteiger partial charge is 0.129 e. The third kappa shape index (κ3) is 4.09. The monoisotopic (exact) mass is 577 g/mol. The highest BCUT2D eigenvalue weighted by Crippen LogP contribution is 2.59. The SMILES string of the molecule is C[C@]12C3=CC(C4CC(C5=NC(c6ccccc6)NC(C6=CCCC=C6)N5)=CC=C4C4=CC=N4)CC1C=CC1=C2C(CC=C1)N3. The molecule has 3 aliphatic heterocycles. The maximum Gasteiger partial charge on any atom is 0.129 e. The minimum Gasteiger partial charge on any atom is -0.381 e. The average Bonchev–Trinajstić information content (AvgIpc) is 3.36. The Hall–Kier alpha value is -4.22. The molecule has 0 saturated carbocycles. The molecule has 1 aromatic carbocycles. The molecule has 5 aliphatic carbocycles. The lowest BCUT2D eigenvalue weighted by Crippen LogP contribution is -2.52. The largest absolute Gasteiger partial charge is 0.381 e. The molecule has 0 bridgehead atoms. The van der Waals surface area contributed by atoms with Gasteiger partial charge in [0.2, 0.25) is 0 Å². The molecule has 3 heterocycles. The number of allylic oxidation sites excluding steroid dienone is 12. The van der Waals surface area contributed by atoms with Crippen molar-refractivity contribution in [2.24, 2.45) is 33.2 Å². The van der Waals surface area contributed by atoms with Gasteiger partial charge in [-0.2, -0.15) is 0 Å². The number of nitrogens with one attached hydrogen (secondary N) is 3. The zero-order chi connectivity index (χ0) is 29.3. The Morgan fingerprint density at radius 1 is 0.955 bits per heavy atom. The average molecular weight is 578 g/mol. The Balaban J connectivity index is 1.07. The normalized spacial score (nSPS) is 36.1. The Bertz CT molecular complexity index is 1760. The van der Waals surface area contributed by atoms with Crippen molar-refractivity contribution in [1.82, 2.24) is 16.0 Å². The van der Waals surface area contributed by atoms with Gasteiger partial charge in [0.05, 0.1) is 11.7 Å². The maximum atomic E-state index is 5.30. The van der Waals surface area contributed by atoms with Crippen molar-refractivity contribution in [3.8, 4) is 0 Å². The van der Waals surface area contributed by atoms with Crippen LogP contribution in [0, 0.1) is 23.2 Å². The summed E-state index contributed by atoms with van der Waals surface area (Å²) in [5, 5.41) is 11.6. The van der Waals surface area contributed by atoms with Crippen LogP contribution in [0.5, 0.6) is 0 Å². The standard InChI is InChI=1S/C39H39N5/c1-39-29-17-15-24-13-8-14-33(35(24)39)41-34(39)23-28(21-29)31-22-27(16-18-30(31)32-19-20-40-32)38-43-36(25-9-4-2-5-10-25)42-37(44-38)26-11-6-3-7-12-26/h2,4-6,8-13,15-20,23,28-29,31,33,36-37,41-42H,3,7,14,21-22H2,1H3,(H,43,44)/t28?,29?,31?,33?,36?,37?,39-/m1/s1. The minimum absolute atomic E-state index is 0.0138. The molecular weight excluding hydrogens is 538 g/mol. The molecule has 0 amide bonds. The molecule has 5 heteroatoms. The first kappa shape index (κ1) is 26.2. The Kier molecular flexibility index (Phi) is 6.06. The fraction of sp³-hybridized carbons (Fsp3) is 0.333. The zero-order valence-electron chi connectivity index (χ0n) is 25.2. The number of benzene rings is 1. The van der Waals surface area contributed by atoms with E-state index < -0.39 is 0 Å². The van der Waals surface area contributed by atoms with Crippen LogP contribution in [-0.4, -0.2) is 24.3 Å². The topological polar surface area (TPSA) is 60.8 Å². The van der Waals surface area contributed by atoms with Crippen LogP contribution in [0.25, 0.3) is 0 Å². The number of rotatable bonds is 5. The van der Waals surface area contributed by atoms with Gasteiger partial charge in [0.25, 0.3) is 0 Å². The van der Waals surface area contributed by atoms with E-state index in [2.05, 4.69) is 125 Å². The van der Waals surface area contributed by atoms with E-state index in [0.29, 0.717) is 23.8 Å². The summed E-state index contributed by atoms with van der Waals surface area (Å²) in [5.41, 5.74) is 10.8. The molecule has 0 spiro atoms. The van der Waals surface area contributed by atoms with Crippen LogP contribution < -0.4 is 16.0 Å². The van der Waals surface area contributed by atoms with Crippen LogP contribution in [0.2, 0.25) is 0 Å². The fourth-order valence-corrected chi connectivity index (χ4v) is 8.79. The second kappa shape index (κ2) is 10.2. The Morgan fingerprint density at radius 2 is 1.86 bits per heavy atom. The summed E-state index contributed by atoms with van der Waals surface area (Å²) in [6, 6.07) is 11.1. The predicted octanol–water partition coefficient (Wildman–Crippen LogP) is 7.04. The lowest BCUT2D eigenvalue weighted by Gasteiger charge is -2.45. The van der Waals surface area contributed by atoms with Crippen LogP contribution in [0.15, 0.2) is 146 Å². The molecule has 6 unspecified atom stereocenters. The summed E-state index contributed by atoms with van der Waals surface area (Å²) >= 11 is 0. The number of aliphatic imine (C=N–C) groups is 2. The molecule has 1 saturated heterocycles. The van der Waals surface area contributed by atoms with Gasteiger partial charge >= 0.3 is 0 Å². The van der Waals surface area contributed by atoms with Crippen LogP contribution in [0.4, 0.5) is 0 Å². The van der Waals surface area contributed by atoms with Crippen LogP contribution in [-0.2, 0) is 0 Å². The summed E-state index contributed by atoms with van der Waals surface area (Å²) < 4.78 is 0. The van der Waals surface area contributed by atoms with Gasteiger partial charge < -0.3 is 10.6 Å². The van der Waals surface area contributed by atoms with Gasteiger partial charge in [-0.25, -0.2) is 4.99 Å². The van der Waals surface area contributed by atoms with Gasteiger partial charge in [-0.1, -0.05) is 91.1 Å². The van der Waals surface area contributed by atoms with Crippen molar-refractivity contribution in [3.05, 3.63) is 142 Å². The molecule has 7 atom stereocenters. The predicted molar refractivity (Wildman–Crippen MR) is 179 cm³/mol. The highest BCUT2D eigenvalue weighted by molar-refractivity contribution is 6.00. The third-order valence-electron chi connectivity index (χ3n) is 11.1. The second-order valence-corrected chi connectivity index (χ2v) is 13.5.